The standard InChI is InChI=1S/C21H15FN8O/c22-12-2-1-3-14(8-12)31-13-6-4-11(5-7-13)18-16-17(25)15(9-23)19(26)29-20(16)30-21(28-18)27-10-24/h1-8,18H,(H6,25,26,27,28,29,30). The van der Waals surface area contributed by atoms with Gasteiger partial charge >= 0.3 is 0 Å². The van der Waals surface area contributed by atoms with E-state index in [2.05, 4.69) is 20.6 Å². The number of hydrogen-bond donors (Lipinski definition) is 4. The number of anilines is 3. The Labute approximate surface area is 176 Å². The number of aromatic nitrogens is 1. The molecule has 6 N–H and O–H groups in total. The summed E-state index contributed by atoms with van der Waals surface area (Å²) >= 11 is 0. The SMILES string of the molecule is N#CNC1=NC(c2ccc(Oc3cccc(F)c3)cc2)c2c(nc(N)c(C#N)c2N)N1. The van der Waals surface area contributed by atoms with E-state index in [4.69, 9.17) is 21.5 Å². The van der Waals surface area contributed by atoms with Gasteiger partial charge in [-0.25, -0.2) is 14.4 Å². The van der Waals surface area contributed by atoms with E-state index in [0.717, 1.165) is 0 Å². The highest BCUT2D eigenvalue weighted by Gasteiger charge is 2.29. The van der Waals surface area contributed by atoms with Gasteiger partial charge < -0.3 is 21.5 Å². The number of nitrogen functional groups attached to an aromatic ring is 2. The number of ether oxygens (including phenoxy) is 1. The van der Waals surface area contributed by atoms with Crippen molar-refractivity contribution in [3.8, 4) is 23.8 Å². The Bertz CT molecular complexity index is 1270. The van der Waals surface area contributed by atoms with Crippen LogP contribution in [0.5, 0.6) is 11.5 Å². The van der Waals surface area contributed by atoms with Crippen LogP contribution in [0, 0.1) is 28.6 Å². The first kappa shape index (κ1) is 19.5. The molecule has 3 aromatic rings. The summed E-state index contributed by atoms with van der Waals surface area (Å²) in [7, 11) is 0. The molecule has 1 aromatic heterocycles. The fourth-order valence-corrected chi connectivity index (χ4v) is 3.21. The van der Waals surface area contributed by atoms with Crippen molar-refractivity contribution in [2.75, 3.05) is 16.8 Å². The molecule has 4 rings (SSSR count). The number of nitriles is 2. The van der Waals surface area contributed by atoms with Crippen LogP contribution in [-0.4, -0.2) is 10.9 Å². The van der Waals surface area contributed by atoms with Crippen LogP contribution in [0.3, 0.4) is 0 Å². The molecule has 0 aliphatic carbocycles. The Morgan fingerprint density at radius 1 is 1.10 bits per heavy atom. The smallest absolute Gasteiger partial charge is 0.211 e. The van der Waals surface area contributed by atoms with Crippen LogP contribution < -0.4 is 26.8 Å². The molecule has 0 fully saturated rings. The Morgan fingerprint density at radius 2 is 1.87 bits per heavy atom. The maximum Gasteiger partial charge on any atom is 0.211 e. The zero-order chi connectivity index (χ0) is 22.0. The molecule has 0 saturated heterocycles. The Kier molecular flexibility index (Phi) is 4.96. The van der Waals surface area contributed by atoms with Crippen molar-refractivity contribution in [1.82, 2.24) is 10.3 Å². The predicted molar refractivity (Wildman–Crippen MR) is 112 cm³/mol. The van der Waals surface area contributed by atoms with Crippen molar-refractivity contribution < 1.29 is 9.13 Å². The molecule has 1 atom stereocenters. The number of hydrogen-bond acceptors (Lipinski definition) is 9. The number of aliphatic imine (C=N–C) groups is 1. The number of nitrogens with one attached hydrogen (secondary N) is 2. The van der Waals surface area contributed by atoms with E-state index in [-0.39, 0.29) is 23.0 Å². The molecule has 2 aromatic carbocycles. The van der Waals surface area contributed by atoms with Crippen LogP contribution in [0.1, 0.15) is 22.7 Å². The van der Waals surface area contributed by atoms with Gasteiger partial charge in [0.15, 0.2) is 6.19 Å². The summed E-state index contributed by atoms with van der Waals surface area (Å²) in [6.45, 7) is 0. The first-order chi connectivity index (χ1) is 15.0. The van der Waals surface area contributed by atoms with Gasteiger partial charge in [-0.1, -0.05) is 18.2 Å². The summed E-state index contributed by atoms with van der Waals surface area (Å²) in [4.78, 5) is 8.69. The summed E-state index contributed by atoms with van der Waals surface area (Å²) in [5, 5.41) is 23.7. The fourth-order valence-electron chi connectivity index (χ4n) is 3.21. The molecule has 0 amide bonds. The number of nitrogens with zero attached hydrogens (tertiary/aromatic N) is 4. The van der Waals surface area contributed by atoms with E-state index in [1.807, 2.05) is 6.07 Å². The van der Waals surface area contributed by atoms with Crippen molar-refractivity contribution in [3.63, 3.8) is 0 Å². The Balaban J connectivity index is 1.73. The second-order valence-corrected chi connectivity index (χ2v) is 6.53. The molecule has 1 unspecified atom stereocenters. The lowest BCUT2D eigenvalue weighted by Crippen LogP contribution is -2.32. The zero-order valence-corrected chi connectivity index (χ0v) is 15.9. The Morgan fingerprint density at radius 3 is 2.55 bits per heavy atom. The van der Waals surface area contributed by atoms with Crippen molar-refractivity contribution in [3.05, 3.63) is 71.0 Å². The summed E-state index contributed by atoms with van der Waals surface area (Å²) in [6.07, 6.45) is 1.80. The lowest BCUT2D eigenvalue weighted by atomic mass is 9.95. The van der Waals surface area contributed by atoms with Crippen molar-refractivity contribution in [2.45, 2.75) is 6.04 Å². The molecule has 2 heterocycles. The van der Waals surface area contributed by atoms with Crippen LogP contribution in [-0.2, 0) is 0 Å². The van der Waals surface area contributed by atoms with E-state index in [1.165, 1.54) is 12.1 Å². The number of pyridine rings is 1. The number of benzene rings is 2. The number of rotatable bonds is 3. The van der Waals surface area contributed by atoms with Crippen LogP contribution in [0.2, 0.25) is 0 Å². The zero-order valence-electron chi connectivity index (χ0n) is 15.9. The molecule has 0 saturated carbocycles. The van der Waals surface area contributed by atoms with Gasteiger partial charge in [0, 0.05) is 11.6 Å². The summed E-state index contributed by atoms with van der Waals surface area (Å²) < 4.78 is 19.0. The van der Waals surface area contributed by atoms with Crippen molar-refractivity contribution in [2.24, 2.45) is 4.99 Å². The van der Waals surface area contributed by atoms with Gasteiger partial charge in [0.1, 0.15) is 46.6 Å². The van der Waals surface area contributed by atoms with Gasteiger partial charge in [0.05, 0.1) is 5.69 Å². The number of halogens is 1. The number of nitrogens with two attached hydrogens (primary N) is 2. The minimum Gasteiger partial charge on any atom is -0.457 e. The van der Waals surface area contributed by atoms with E-state index in [0.29, 0.717) is 28.4 Å². The largest absolute Gasteiger partial charge is 0.457 e. The van der Waals surface area contributed by atoms with Crippen LogP contribution in [0.15, 0.2) is 53.5 Å². The van der Waals surface area contributed by atoms with Gasteiger partial charge in [-0.2, -0.15) is 10.5 Å². The van der Waals surface area contributed by atoms with Gasteiger partial charge in [-0.05, 0) is 29.8 Å². The first-order valence-electron chi connectivity index (χ1n) is 9.02. The highest BCUT2D eigenvalue weighted by molar-refractivity contribution is 5.98. The molecular weight excluding hydrogens is 399 g/mol. The quantitative estimate of drug-likeness (QED) is 0.376. The molecule has 9 nitrogen and oxygen atoms in total. The third-order valence-corrected chi connectivity index (χ3v) is 4.59. The fraction of sp³-hybridized carbons (Fsp3) is 0.0476. The van der Waals surface area contributed by atoms with E-state index in [9.17, 15) is 9.65 Å². The molecule has 0 radical (unpaired) electrons. The molecule has 0 bridgehead atoms. The number of guanidine groups is 1. The van der Waals surface area contributed by atoms with Crippen LogP contribution in [0.4, 0.5) is 21.7 Å². The lowest BCUT2D eigenvalue weighted by Gasteiger charge is -2.26. The Hall–Kier alpha value is -4.83. The second-order valence-electron chi connectivity index (χ2n) is 6.53. The summed E-state index contributed by atoms with van der Waals surface area (Å²) in [5.41, 5.74) is 13.4. The normalized spacial score (nSPS) is 14.3. The van der Waals surface area contributed by atoms with Gasteiger partial charge in [0.2, 0.25) is 5.96 Å². The van der Waals surface area contributed by atoms with E-state index >= 15 is 0 Å². The average molecular weight is 414 g/mol. The molecular formula is C21H15FN8O. The molecule has 1 aliphatic heterocycles. The molecule has 10 heteroatoms. The van der Waals surface area contributed by atoms with Crippen molar-refractivity contribution >= 4 is 23.3 Å². The lowest BCUT2D eigenvalue weighted by molar-refractivity contribution is 0.476. The average Bonchev–Trinajstić information content (AvgIpc) is 2.74. The first-order valence-corrected chi connectivity index (χ1v) is 9.02. The summed E-state index contributed by atoms with van der Waals surface area (Å²) in [6, 6.07) is 14.0. The topological polar surface area (TPSA) is 158 Å². The monoisotopic (exact) mass is 414 g/mol. The minimum absolute atomic E-state index is 0.0259. The second kappa shape index (κ2) is 7.89. The van der Waals surface area contributed by atoms with E-state index < -0.39 is 11.9 Å². The molecule has 31 heavy (non-hydrogen) atoms. The number of fused-ring (bicyclic) bond motifs is 1. The summed E-state index contributed by atoms with van der Waals surface area (Å²) in [5.74, 6) is 0.887. The van der Waals surface area contributed by atoms with Crippen molar-refractivity contribution in [1.29, 1.82) is 10.5 Å². The van der Waals surface area contributed by atoms with E-state index in [1.54, 1.807) is 42.6 Å². The molecule has 0 spiro atoms. The third-order valence-electron chi connectivity index (χ3n) is 4.59. The molecule has 152 valence electrons. The van der Waals surface area contributed by atoms with Gasteiger partial charge in [0.25, 0.3) is 0 Å². The third kappa shape index (κ3) is 3.73. The molecule has 1 aliphatic rings. The van der Waals surface area contributed by atoms with Gasteiger partial charge in [-0.3, -0.25) is 5.32 Å². The predicted octanol–water partition coefficient (Wildman–Crippen LogP) is 2.99. The minimum atomic E-state index is -0.657. The van der Waals surface area contributed by atoms with Gasteiger partial charge in [-0.15, -0.1) is 0 Å². The van der Waals surface area contributed by atoms with Crippen LogP contribution in [0.25, 0.3) is 0 Å². The maximum atomic E-state index is 13.4. The highest BCUT2D eigenvalue weighted by atomic mass is 19.1. The van der Waals surface area contributed by atoms with Crippen LogP contribution >= 0.6 is 0 Å². The highest BCUT2D eigenvalue weighted by Crippen LogP contribution is 2.40. The maximum absolute atomic E-state index is 13.4.